The van der Waals surface area contributed by atoms with Gasteiger partial charge in [0.25, 0.3) is 5.92 Å². The van der Waals surface area contributed by atoms with E-state index in [9.17, 15) is 8.78 Å². The van der Waals surface area contributed by atoms with Crippen LogP contribution in [0, 0.1) is 0 Å². The molecule has 0 saturated heterocycles. The summed E-state index contributed by atoms with van der Waals surface area (Å²) in [6, 6.07) is 2.62. The van der Waals surface area contributed by atoms with Gasteiger partial charge in [0.2, 0.25) is 0 Å². The summed E-state index contributed by atoms with van der Waals surface area (Å²) >= 11 is 3.02. The molecule has 5 heteroatoms. The predicted octanol–water partition coefficient (Wildman–Crippen LogP) is 1.93. The highest BCUT2D eigenvalue weighted by molar-refractivity contribution is 9.10. The minimum Gasteiger partial charge on any atom is -0.390 e. The smallest absolute Gasteiger partial charge is 0.297 e. The standard InChI is InChI=1S/C7H6BrF2NO/c8-6-2-1-5(3-11-6)7(9,10)4-12/h1-3,12H,4H2. The number of nitrogens with zero attached hydrogens (tertiary/aromatic N) is 1. The molecule has 0 aliphatic carbocycles. The summed E-state index contributed by atoms with van der Waals surface area (Å²) in [7, 11) is 0. The first kappa shape index (κ1) is 9.54. The van der Waals surface area contributed by atoms with Crippen LogP contribution in [0.15, 0.2) is 22.9 Å². The van der Waals surface area contributed by atoms with Gasteiger partial charge >= 0.3 is 0 Å². The van der Waals surface area contributed by atoms with Gasteiger partial charge in [-0.1, -0.05) is 0 Å². The van der Waals surface area contributed by atoms with Crippen LogP contribution < -0.4 is 0 Å². The van der Waals surface area contributed by atoms with Crippen LogP contribution in [0.3, 0.4) is 0 Å². The van der Waals surface area contributed by atoms with Gasteiger partial charge in [-0.05, 0) is 28.1 Å². The molecule has 0 atom stereocenters. The number of rotatable bonds is 2. The van der Waals surface area contributed by atoms with E-state index < -0.39 is 12.5 Å². The molecule has 12 heavy (non-hydrogen) atoms. The van der Waals surface area contributed by atoms with Crippen LogP contribution in [0.25, 0.3) is 0 Å². The van der Waals surface area contributed by atoms with E-state index >= 15 is 0 Å². The van der Waals surface area contributed by atoms with Crippen LogP contribution in [-0.2, 0) is 5.92 Å². The second kappa shape index (κ2) is 3.45. The summed E-state index contributed by atoms with van der Waals surface area (Å²) in [5.41, 5.74) is -0.284. The van der Waals surface area contributed by atoms with Crippen molar-refractivity contribution < 1.29 is 13.9 Å². The normalized spacial score (nSPS) is 11.7. The molecule has 1 N–H and O–H groups in total. The lowest BCUT2D eigenvalue weighted by Crippen LogP contribution is -2.18. The Morgan fingerprint density at radius 1 is 1.50 bits per heavy atom. The average Bonchev–Trinajstić information content (AvgIpc) is 2.05. The van der Waals surface area contributed by atoms with E-state index in [1.165, 1.54) is 12.1 Å². The van der Waals surface area contributed by atoms with Crippen molar-refractivity contribution in [2.24, 2.45) is 0 Å². The molecule has 0 aromatic carbocycles. The minimum atomic E-state index is -3.20. The highest BCUT2D eigenvalue weighted by Gasteiger charge is 2.30. The fraction of sp³-hybridized carbons (Fsp3) is 0.286. The summed E-state index contributed by atoms with van der Waals surface area (Å²) in [5, 5.41) is 8.33. The Hall–Kier alpha value is -0.550. The van der Waals surface area contributed by atoms with Crippen LogP contribution in [0.4, 0.5) is 8.78 Å². The second-order valence-corrected chi connectivity index (χ2v) is 3.04. The van der Waals surface area contributed by atoms with Crippen molar-refractivity contribution in [1.82, 2.24) is 4.98 Å². The van der Waals surface area contributed by atoms with Crippen LogP contribution in [0.2, 0.25) is 0 Å². The summed E-state index contributed by atoms with van der Waals surface area (Å²) in [6.45, 7) is -1.20. The molecule has 2 nitrogen and oxygen atoms in total. The molecule has 0 aliphatic rings. The lowest BCUT2D eigenvalue weighted by Gasteiger charge is -2.12. The zero-order chi connectivity index (χ0) is 9.19. The number of pyridine rings is 1. The fourth-order valence-electron chi connectivity index (χ4n) is 0.683. The Morgan fingerprint density at radius 2 is 2.17 bits per heavy atom. The third-order valence-corrected chi connectivity index (χ3v) is 1.82. The van der Waals surface area contributed by atoms with Crippen LogP contribution in [0.1, 0.15) is 5.56 Å². The van der Waals surface area contributed by atoms with Crippen molar-refractivity contribution in [2.75, 3.05) is 6.61 Å². The molecular weight excluding hydrogens is 232 g/mol. The quantitative estimate of drug-likeness (QED) is 0.798. The predicted molar refractivity (Wildman–Crippen MR) is 42.9 cm³/mol. The molecule has 0 radical (unpaired) electrons. The number of halogens is 3. The lowest BCUT2D eigenvalue weighted by atomic mass is 10.2. The first-order valence-corrected chi connectivity index (χ1v) is 3.96. The molecule has 1 aromatic rings. The summed E-state index contributed by atoms with van der Waals surface area (Å²) in [6.07, 6.45) is 1.03. The average molecular weight is 238 g/mol. The first-order valence-electron chi connectivity index (χ1n) is 3.17. The van der Waals surface area contributed by atoms with Gasteiger partial charge in [0.15, 0.2) is 0 Å². The van der Waals surface area contributed by atoms with Gasteiger partial charge in [0.1, 0.15) is 11.2 Å². The second-order valence-electron chi connectivity index (χ2n) is 2.23. The van der Waals surface area contributed by atoms with Crippen molar-refractivity contribution in [1.29, 1.82) is 0 Å². The third kappa shape index (κ3) is 1.98. The molecule has 0 fully saturated rings. The van der Waals surface area contributed by atoms with Gasteiger partial charge in [0.05, 0.1) is 0 Å². The lowest BCUT2D eigenvalue weighted by molar-refractivity contribution is -0.0558. The molecule has 0 unspecified atom stereocenters. The van der Waals surface area contributed by atoms with Gasteiger partial charge in [-0.2, -0.15) is 8.78 Å². The number of alkyl halides is 2. The summed E-state index contributed by atoms with van der Waals surface area (Å²) in [5.74, 6) is -3.20. The van der Waals surface area contributed by atoms with Crippen molar-refractivity contribution >= 4 is 15.9 Å². The van der Waals surface area contributed by atoms with E-state index in [0.717, 1.165) is 6.20 Å². The van der Waals surface area contributed by atoms with Crippen molar-refractivity contribution in [3.63, 3.8) is 0 Å². The molecule has 0 amide bonds. The van der Waals surface area contributed by atoms with Crippen LogP contribution >= 0.6 is 15.9 Å². The van der Waals surface area contributed by atoms with E-state index in [2.05, 4.69) is 20.9 Å². The van der Waals surface area contributed by atoms with Crippen molar-refractivity contribution in [3.05, 3.63) is 28.5 Å². The van der Waals surface area contributed by atoms with Gasteiger partial charge in [-0.25, -0.2) is 4.98 Å². The van der Waals surface area contributed by atoms with E-state index in [4.69, 9.17) is 5.11 Å². The Morgan fingerprint density at radius 3 is 2.58 bits per heavy atom. The van der Waals surface area contributed by atoms with E-state index in [-0.39, 0.29) is 5.56 Å². The molecular formula is C7H6BrF2NO. The Kier molecular flexibility index (Phi) is 2.74. The van der Waals surface area contributed by atoms with Gasteiger partial charge in [-0.3, -0.25) is 0 Å². The highest BCUT2D eigenvalue weighted by atomic mass is 79.9. The molecule has 1 aromatic heterocycles. The monoisotopic (exact) mass is 237 g/mol. The number of aliphatic hydroxyl groups is 1. The molecule has 0 bridgehead atoms. The SMILES string of the molecule is OCC(F)(F)c1ccc(Br)nc1. The molecule has 0 aliphatic heterocycles. The molecule has 66 valence electrons. The van der Waals surface area contributed by atoms with Crippen LogP contribution in [-0.4, -0.2) is 16.7 Å². The number of aromatic nitrogens is 1. The molecule has 0 saturated carbocycles. The van der Waals surface area contributed by atoms with E-state index in [0.29, 0.717) is 4.60 Å². The Labute approximate surface area is 76.4 Å². The summed E-state index contributed by atoms with van der Waals surface area (Å²) in [4.78, 5) is 3.62. The highest BCUT2D eigenvalue weighted by Crippen LogP contribution is 2.26. The first-order chi connectivity index (χ1) is 5.56. The van der Waals surface area contributed by atoms with Gasteiger partial charge in [-0.15, -0.1) is 0 Å². The zero-order valence-electron chi connectivity index (χ0n) is 5.97. The molecule has 1 heterocycles. The zero-order valence-corrected chi connectivity index (χ0v) is 7.55. The maximum atomic E-state index is 12.7. The number of hydrogen-bond acceptors (Lipinski definition) is 2. The Balaban J connectivity index is 2.96. The number of aliphatic hydroxyl groups excluding tert-OH is 1. The van der Waals surface area contributed by atoms with Crippen molar-refractivity contribution in [3.8, 4) is 0 Å². The maximum absolute atomic E-state index is 12.7. The van der Waals surface area contributed by atoms with Crippen molar-refractivity contribution in [2.45, 2.75) is 5.92 Å². The van der Waals surface area contributed by atoms with E-state index in [1.54, 1.807) is 0 Å². The molecule has 0 spiro atoms. The van der Waals surface area contributed by atoms with E-state index in [1.807, 2.05) is 0 Å². The summed E-state index contributed by atoms with van der Waals surface area (Å²) < 4.78 is 25.9. The molecule has 1 rings (SSSR count). The van der Waals surface area contributed by atoms with Crippen LogP contribution in [0.5, 0.6) is 0 Å². The third-order valence-electron chi connectivity index (χ3n) is 1.35. The van der Waals surface area contributed by atoms with Gasteiger partial charge < -0.3 is 5.11 Å². The fourth-order valence-corrected chi connectivity index (χ4v) is 0.918. The minimum absolute atomic E-state index is 0.284. The van der Waals surface area contributed by atoms with Gasteiger partial charge in [0, 0.05) is 11.8 Å². The largest absolute Gasteiger partial charge is 0.390 e. The topological polar surface area (TPSA) is 33.1 Å². The number of hydrogen-bond donors (Lipinski definition) is 1. The Bertz CT molecular complexity index is 263. The maximum Gasteiger partial charge on any atom is 0.297 e.